The standard InChI is InChI=1S/C22H27N7O2/c23-20-5-6-26-22(28-20)27-15-1-3-17(4-2-15)31-19-14-16(29-9-11-30-12-10-29)13-18-21(19)25-8-7-24-18/h5-8,13-15,17H,1-4,9-12H2,(H3,23,26,27,28). The number of fused-ring (bicyclic) bond motifs is 1. The molecule has 1 aliphatic carbocycles. The van der Waals surface area contributed by atoms with E-state index in [2.05, 4.69) is 42.3 Å². The molecule has 31 heavy (non-hydrogen) atoms. The van der Waals surface area contributed by atoms with Crippen LogP contribution >= 0.6 is 0 Å². The van der Waals surface area contributed by atoms with Gasteiger partial charge in [-0.25, -0.2) is 9.97 Å². The van der Waals surface area contributed by atoms with Crippen LogP contribution < -0.4 is 20.7 Å². The number of morpholine rings is 1. The highest BCUT2D eigenvalue weighted by Gasteiger charge is 2.24. The molecule has 0 atom stereocenters. The van der Waals surface area contributed by atoms with Gasteiger partial charge >= 0.3 is 0 Å². The van der Waals surface area contributed by atoms with Gasteiger partial charge in [-0.15, -0.1) is 0 Å². The third-order valence-electron chi connectivity index (χ3n) is 5.88. The summed E-state index contributed by atoms with van der Waals surface area (Å²) in [5.41, 5.74) is 8.53. The second-order valence-corrected chi connectivity index (χ2v) is 8.01. The van der Waals surface area contributed by atoms with Crippen molar-refractivity contribution in [1.29, 1.82) is 0 Å². The van der Waals surface area contributed by atoms with Crippen LogP contribution in [0.1, 0.15) is 25.7 Å². The van der Waals surface area contributed by atoms with Gasteiger partial charge in [-0.3, -0.25) is 4.98 Å². The fourth-order valence-corrected chi connectivity index (χ4v) is 4.25. The molecular formula is C22H27N7O2. The van der Waals surface area contributed by atoms with Crippen molar-refractivity contribution in [2.24, 2.45) is 0 Å². The van der Waals surface area contributed by atoms with E-state index in [0.29, 0.717) is 17.8 Å². The molecule has 5 rings (SSSR count). The van der Waals surface area contributed by atoms with E-state index in [4.69, 9.17) is 15.2 Å². The van der Waals surface area contributed by atoms with Crippen LogP contribution in [0.5, 0.6) is 5.75 Å². The lowest BCUT2D eigenvalue weighted by Crippen LogP contribution is -2.36. The predicted octanol–water partition coefficient (Wildman–Crippen LogP) is 2.64. The topological polar surface area (TPSA) is 111 Å². The third-order valence-corrected chi connectivity index (χ3v) is 5.88. The van der Waals surface area contributed by atoms with E-state index in [1.165, 1.54) is 0 Å². The van der Waals surface area contributed by atoms with Crippen LogP contribution in [0.3, 0.4) is 0 Å². The Kier molecular flexibility index (Phi) is 5.66. The molecule has 2 aromatic heterocycles. The van der Waals surface area contributed by atoms with Crippen molar-refractivity contribution in [3.8, 4) is 5.75 Å². The number of nitrogens with zero attached hydrogens (tertiary/aromatic N) is 5. The lowest BCUT2D eigenvalue weighted by Gasteiger charge is -2.31. The van der Waals surface area contributed by atoms with Crippen molar-refractivity contribution in [3.63, 3.8) is 0 Å². The first-order valence-corrected chi connectivity index (χ1v) is 10.8. The number of nitrogens with two attached hydrogens (primary N) is 1. The maximum atomic E-state index is 6.48. The summed E-state index contributed by atoms with van der Waals surface area (Å²) in [6.45, 7) is 3.22. The molecule has 2 fully saturated rings. The minimum Gasteiger partial charge on any atom is -0.488 e. The molecule has 1 aliphatic heterocycles. The summed E-state index contributed by atoms with van der Waals surface area (Å²) in [6, 6.07) is 6.20. The molecule has 0 radical (unpaired) electrons. The third kappa shape index (κ3) is 4.61. The SMILES string of the molecule is Nc1ccnc(NC2CCC(Oc3cc(N4CCOCC4)cc4nccnc34)CC2)n1. The van der Waals surface area contributed by atoms with Crippen molar-refractivity contribution in [3.05, 3.63) is 36.8 Å². The molecule has 162 valence electrons. The van der Waals surface area contributed by atoms with Crippen LogP contribution in [-0.4, -0.2) is 58.4 Å². The van der Waals surface area contributed by atoms with E-state index in [-0.39, 0.29) is 6.10 Å². The molecule has 0 unspecified atom stereocenters. The van der Waals surface area contributed by atoms with E-state index < -0.39 is 0 Å². The van der Waals surface area contributed by atoms with Crippen LogP contribution in [0.15, 0.2) is 36.8 Å². The van der Waals surface area contributed by atoms with Crippen molar-refractivity contribution < 1.29 is 9.47 Å². The van der Waals surface area contributed by atoms with Crippen LogP contribution in [0, 0.1) is 0 Å². The van der Waals surface area contributed by atoms with E-state index in [1.54, 1.807) is 24.7 Å². The Balaban J connectivity index is 1.28. The Hall–Kier alpha value is -3.20. The predicted molar refractivity (Wildman–Crippen MR) is 119 cm³/mol. The molecule has 0 amide bonds. The van der Waals surface area contributed by atoms with E-state index >= 15 is 0 Å². The summed E-state index contributed by atoms with van der Waals surface area (Å²) in [7, 11) is 0. The normalized spacial score (nSPS) is 21.7. The van der Waals surface area contributed by atoms with Gasteiger partial charge < -0.3 is 25.4 Å². The van der Waals surface area contributed by atoms with E-state index in [0.717, 1.165) is 74.5 Å². The summed E-state index contributed by atoms with van der Waals surface area (Å²) >= 11 is 0. The number of ether oxygens (including phenoxy) is 2. The van der Waals surface area contributed by atoms with Crippen LogP contribution in [0.2, 0.25) is 0 Å². The molecule has 3 aromatic rings. The Morgan fingerprint density at radius 2 is 1.81 bits per heavy atom. The zero-order chi connectivity index (χ0) is 21.0. The van der Waals surface area contributed by atoms with Crippen LogP contribution in [-0.2, 0) is 4.74 Å². The average Bonchev–Trinajstić information content (AvgIpc) is 2.81. The highest BCUT2D eigenvalue weighted by atomic mass is 16.5. The van der Waals surface area contributed by atoms with Crippen LogP contribution in [0.25, 0.3) is 11.0 Å². The molecule has 2 aliphatic rings. The maximum absolute atomic E-state index is 6.48. The largest absolute Gasteiger partial charge is 0.488 e. The van der Waals surface area contributed by atoms with Crippen molar-refractivity contribution in [2.75, 3.05) is 42.3 Å². The van der Waals surface area contributed by atoms with Gasteiger partial charge in [0.25, 0.3) is 0 Å². The number of nitrogen functional groups attached to an aromatic ring is 1. The minimum absolute atomic E-state index is 0.143. The van der Waals surface area contributed by atoms with Gasteiger partial charge in [0.2, 0.25) is 5.95 Å². The summed E-state index contributed by atoms with van der Waals surface area (Å²) in [5.74, 6) is 1.87. The van der Waals surface area contributed by atoms with E-state index in [9.17, 15) is 0 Å². The summed E-state index contributed by atoms with van der Waals surface area (Å²) < 4.78 is 12.0. The molecular weight excluding hydrogens is 394 g/mol. The van der Waals surface area contributed by atoms with Gasteiger partial charge in [0.05, 0.1) is 24.8 Å². The zero-order valence-electron chi connectivity index (χ0n) is 17.4. The number of anilines is 3. The zero-order valence-corrected chi connectivity index (χ0v) is 17.4. The molecule has 3 N–H and O–H groups in total. The van der Waals surface area contributed by atoms with Crippen molar-refractivity contribution in [2.45, 2.75) is 37.8 Å². The summed E-state index contributed by atoms with van der Waals surface area (Å²) in [4.78, 5) is 19.9. The Labute approximate surface area is 181 Å². The van der Waals surface area contributed by atoms with Crippen molar-refractivity contribution in [1.82, 2.24) is 19.9 Å². The molecule has 3 heterocycles. The first-order valence-electron chi connectivity index (χ1n) is 10.8. The lowest BCUT2D eigenvalue weighted by molar-refractivity contribution is 0.122. The molecule has 0 bridgehead atoms. The van der Waals surface area contributed by atoms with Gasteiger partial charge in [0, 0.05) is 49.5 Å². The first-order chi connectivity index (χ1) is 15.2. The Bertz CT molecular complexity index is 1030. The number of rotatable bonds is 5. The fraction of sp³-hybridized carbons (Fsp3) is 0.455. The molecule has 1 aromatic carbocycles. The Morgan fingerprint density at radius 1 is 1.00 bits per heavy atom. The highest BCUT2D eigenvalue weighted by Crippen LogP contribution is 2.33. The lowest BCUT2D eigenvalue weighted by atomic mass is 9.93. The minimum atomic E-state index is 0.143. The van der Waals surface area contributed by atoms with Gasteiger partial charge in [-0.05, 0) is 37.8 Å². The quantitative estimate of drug-likeness (QED) is 0.642. The summed E-state index contributed by atoms with van der Waals surface area (Å²) in [5, 5.41) is 3.39. The number of benzene rings is 1. The van der Waals surface area contributed by atoms with E-state index in [1.807, 2.05) is 0 Å². The average molecular weight is 422 g/mol. The smallest absolute Gasteiger partial charge is 0.224 e. The van der Waals surface area contributed by atoms with Gasteiger partial charge in [-0.1, -0.05) is 0 Å². The van der Waals surface area contributed by atoms with Gasteiger partial charge in [0.1, 0.15) is 17.1 Å². The number of hydrogen-bond donors (Lipinski definition) is 2. The summed E-state index contributed by atoms with van der Waals surface area (Å²) in [6.07, 6.45) is 9.12. The molecule has 9 nitrogen and oxygen atoms in total. The second-order valence-electron chi connectivity index (χ2n) is 8.01. The Morgan fingerprint density at radius 3 is 2.61 bits per heavy atom. The first kappa shape index (κ1) is 19.7. The second kappa shape index (κ2) is 8.89. The molecule has 0 spiro atoms. The molecule has 1 saturated carbocycles. The fourth-order valence-electron chi connectivity index (χ4n) is 4.25. The number of nitrogens with one attached hydrogen (secondary N) is 1. The molecule has 9 heteroatoms. The van der Waals surface area contributed by atoms with Crippen molar-refractivity contribution >= 4 is 28.5 Å². The number of aromatic nitrogens is 4. The molecule has 1 saturated heterocycles. The van der Waals surface area contributed by atoms with Crippen LogP contribution in [0.4, 0.5) is 17.5 Å². The number of hydrogen-bond acceptors (Lipinski definition) is 9. The maximum Gasteiger partial charge on any atom is 0.224 e. The monoisotopic (exact) mass is 421 g/mol. The van der Waals surface area contributed by atoms with Gasteiger partial charge in [0.15, 0.2) is 0 Å². The highest BCUT2D eigenvalue weighted by molar-refractivity contribution is 5.85. The van der Waals surface area contributed by atoms with Gasteiger partial charge in [-0.2, -0.15) is 4.98 Å².